The number of aryl methyl sites for hydroxylation is 3. The van der Waals surface area contributed by atoms with Crippen molar-refractivity contribution in [2.75, 3.05) is 46.3 Å². The maximum Gasteiger partial charge on any atom is 0.0288 e. The topological polar surface area (TPSA) is 9.72 Å². The van der Waals surface area contributed by atoms with Crippen molar-refractivity contribution in [3.8, 4) is 0 Å². The third-order valence-corrected chi connectivity index (χ3v) is 6.75. The molecule has 1 aromatic rings. The minimum Gasteiger partial charge on any atom is -0.306 e. The first kappa shape index (κ1) is 17.3. The molecule has 128 valence electrons. The highest BCUT2D eigenvalue weighted by atomic mass is 32.2. The molecular weight excluding hydrogens is 302 g/mol. The summed E-state index contributed by atoms with van der Waals surface area (Å²) in [6.45, 7) is 14.0. The molecular formula is C19H31N3S. The third-order valence-electron chi connectivity index (χ3n) is 5.30. The molecule has 2 heterocycles. The van der Waals surface area contributed by atoms with Gasteiger partial charge in [-0.05, 0) is 76.8 Å². The summed E-state index contributed by atoms with van der Waals surface area (Å²) < 4.78 is 2.57. The van der Waals surface area contributed by atoms with Crippen LogP contribution in [0, 0.1) is 20.8 Å². The Morgan fingerprint density at radius 1 is 0.870 bits per heavy atom. The number of nitrogens with zero attached hydrogens (tertiary/aromatic N) is 3. The summed E-state index contributed by atoms with van der Waals surface area (Å²) in [7, 11) is 2.25. The first-order chi connectivity index (χ1) is 11.0. The van der Waals surface area contributed by atoms with Gasteiger partial charge < -0.3 is 4.90 Å². The molecule has 0 amide bonds. The molecule has 0 N–H and O–H groups in total. The molecule has 2 fully saturated rings. The molecule has 1 aromatic carbocycles. The van der Waals surface area contributed by atoms with Crippen molar-refractivity contribution in [2.24, 2.45) is 0 Å². The van der Waals surface area contributed by atoms with Gasteiger partial charge in [-0.15, -0.1) is 0 Å². The fourth-order valence-electron chi connectivity index (χ4n) is 3.96. The molecule has 2 saturated heterocycles. The Morgan fingerprint density at radius 3 is 2.00 bits per heavy atom. The molecule has 0 bridgehead atoms. The van der Waals surface area contributed by atoms with Crippen molar-refractivity contribution in [3.63, 3.8) is 0 Å². The van der Waals surface area contributed by atoms with E-state index >= 15 is 0 Å². The summed E-state index contributed by atoms with van der Waals surface area (Å²) in [5.41, 5.74) is 4.21. The second-order valence-electron chi connectivity index (χ2n) is 7.32. The maximum atomic E-state index is 2.74. The summed E-state index contributed by atoms with van der Waals surface area (Å²) >= 11 is 1.97. The van der Waals surface area contributed by atoms with Crippen LogP contribution in [0.4, 0.5) is 0 Å². The first-order valence-electron chi connectivity index (χ1n) is 8.96. The van der Waals surface area contributed by atoms with E-state index in [1.165, 1.54) is 73.7 Å². The summed E-state index contributed by atoms with van der Waals surface area (Å²) in [5, 5.41) is 0. The van der Waals surface area contributed by atoms with Gasteiger partial charge in [-0.1, -0.05) is 17.7 Å². The quantitative estimate of drug-likeness (QED) is 0.785. The lowest BCUT2D eigenvalue weighted by Crippen LogP contribution is -2.51. The van der Waals surface area contributed by atoms with Crippen LogP contribution < -0.4 is 0 Å². The van der Waals surface area contributed by atoms with Crippen molar-refractivity contribution >= 4 is 11.9 Å². The summed E-state index contributed by atoms with van der Waals surface area (Å²) in [6, 6.07) is 5.44. The monoisotopic (exact) mass is 333 g/mol. The molecule has 0 aliphatic carbocycles. The number of piperidine rings is 1. The first-order valence-corrected chi connectivity index (χ1v) is 9.73. The molecule has 0 aromatic heterocycles. The fraction of sp³-hybridized carbons (Fsp3) is 0.684. The molecule has 0 unspecified atom stereocenters. The Kier molecular flexibility index (Phi) is 5.68. The number of benzene rings is 1. The van der Waals surface area contributed by atoms with Crippen LogP contribution in [0.1, 0.15) is 29.5 Å². The zero-order valence-corrected chi connectivity index (χ0v) is 16.0. The Labute approximate surface area is 146 Å². The summed E-state index contributed by atoms with van der Waals surface area (Å²) in [5.74, 6) is 0. The van der Waals surface area contributed by atoms with Crippen LogP contribution in [-0.4, -0.2) is 66.5 Å². The molecule has 3 rings (SSSR count). The van der Waals surface area contributed by atoms with E-state index in [2.05, 4.69) is 54.1 Å². The van der Waals surface area contributed by atoms with Crippen molar-refractivity contribution < 1.29 is 0 Å². The van der Waals surface area contributed by atoms with E-state index in [4.69, 9.17) is 0 Å². The molecule has 0 saturated carbocycles. The van der Waals surface area contributed by atoms with Crippen LogP contribution in [0.2, 0.25) is 0 Å². The fourth-order valence-corrected chi connectivity index (χ4v) is 4.97. The molecule has 2 aliphatic rings. The van der Waals surface area contributed by atoms with Gasteiger partial charge in [0.15, 0.2) is 0 Å². The van der Waals surface area contributed by atoms with E-state index in [-0.39, 0.29) is 0 Å². The number of hydrogen-bond donors (Lipinski definition) is 0. The van der Waals surface area contributed by atoms with Gasteiger partial charge in [0, 0.05) is 37.1 Å². The van der Waals surface area contributed by atoms with Crippen LogP contribution in [0.3, 0.4) is 0 Å². The smallest absolute Gasteiger partial charge is 0.0288 e. The van der Waals surface area contributed by atoms with Gasteiger partial charge in [0.05, 0.1) is 0 Å². The van der Waals surface area contributed by atoms with Gasteiger partial charge in [0.25, 0.3) is 0 Å². The van der Waals surface area contributed by atoms with E-state index in [0.717, 1.165) is 6.04 Å². The van der Waals surface area contributed by atoms with Crippen LogP contribution in [-0.2, 0) is 0 Å². The standard InChI is InChI=1S/C19H31N3S/c1-15-13-16(2)19(17(3)14-15)23-22-11-9-21(10-12-22)18-5-7-20(4)8-6-18/h13-14,18H,5-12H2,1-4H3. The Morgan fingerprint density at radius 2 is 1.43 bits per heavy atom. The molecule has 0 radical (unpaired) electrons. The Bertz CT molecular complexity index is 506. The zero-order chi connectivity index (χ0) is 16.4. The van der Waals surface area contributed by atoms with Gasteiger partial charge in [-0.25, -0.2) is 4.31 Å². The van der Waals surface area contributed by atoms with E-state index < -0.39 is 0 Å². The predicted molar refractivity (Wildman–Crippen MR) is 100 cm³/mol. The average Bonchev–Trinajstić information content (AvgIpc) is 2.52. The van der Waals surface area contributed by atoms with Gasteiger partial charge in [-0.3, -0.25) is 4.90 Å². The second-order valence-corrected chi connectivity index (χ2v) is 8.43. The number of hydrogen-bond acceptors (Lipinski definition) is 4. The molecule has 23 heavy (non-hydrogen) atoms. The lowest BCUT2D eigenvalue weighted by Gasteiger charge is -2.42. The zero-order valence-electron chi connectivity index (χ0n) is 15.1. The minimum atomic E-state index is 0.821. The molecule has 3 nitrogen and oxygen atoms in total. The van der Waals surface area contributed by atoms with Crippen molar-refractivity contribution in [1.82, 2.24) is 14.1 Å². The summed E-state index contributed by atoms with van der Waals surface area (Å²) in [6.07, 6.45) is 2.69. The van der Waals surface area contributed by atoms with E-state index in [1.807, 2.05) is 11.9 Å². The highest BCUT2D eigenvalue weighted by molar-refractivity contribution is 7.97. The van der Waals surface area contributed by atoms with E-state index in [9.17, 15) is 0 Å². The second kappa shape index (κ2) is 7.56. The minimum absolute atomic E-state index is 0.821. The van der Waals surface area contributed by atoms with E-state index in [1.54, 1.807) is 0 Å². The maximum absolute atomic E-state index is 2.74. The average molecular weight is 334 g/mol. The van der Waals surface area contributed by atoms with Crippen LogP contribution in [0.25, 0.3) is 0 Å². The number of rotatable bonds is 3. The molecule has 0 atom stereocenters. The molecule has 4 heteroatoms. The lowest BCUT2D eigenvalue weighted by molar-refractivity contribution is 0.0919. The van der Waals surface area contributed by atoms with Gasteiger partial charge in [0.1, 0.15) is 0 Å². The Balaban J connectivity index is 1.53. The highest BCUT2D eigenvalue weighted by Crippen LogP contribution is 2.31. The summed E-state index contributed by atoms with van der Waals surface area (Å²) in [4.78, 5) is 6.66. The van der Waals surface area contributed by atoms with Crippen LogP contribution in [0.5, 0.6) is 0 Å². The number of piperazine rings is 1. The Hall–Kier alpha value is -0.550. The van der Waals surface area contributed by atoms with Crippen LogP contribution in [0.15, 0.2) is 17.0 Å². The van der Waals surface area contributed by atoms with Crippen molar-refractivity contribution in [1.29, 1.82) is 0 Å². The van der Waals surface area contributed by atoms with Crippen LogP contribution >= 0.6 is 11.9 Å². The number of likely N-dealkylation sites (tertiary alicyclic amines) is 1. The van der Waals surface area contributed by atoms with Crippen molar-refractivity contribution in [2.45, 2.75) is 44.6 Å². The van der Waals surface area contributed by atoms with E-state index in [0.29, 0.717) is 0 Å². The van der Waals surface area contributed by atoms with Gasteiger partial charge in [0.2, 0.25) is 0 Å². The lowest BCUT2D eigenvalue weighted by atomic mass is 10.0. The van der Waals surface area contributed by atoms with Crippen molar-refractivity contribution in [3.05, 3.63) is 28.8 Å². The largest absolute Gasteiger partial charge is 0.306 e. The highest BCUT2D eigenvalue weighted by Gasteiger charge is 2.27. The molecule has 2 aliphatic heterocycles. The molecule has 0 spiro atoms. The van der Waals surface area contributed by atoms with Gasteiger partial charge in [-0.2, -0.15) is 0 Å². The normalized spacial score (nSPS) is 22.6. The predicted octanol–water partition coefficient (Wildman–Crippen LogP) is 3.33. The third kappa shape index (κ3) is 4.30. The SMILES string of the molecule is Cc1cc(C)c(SN2CCN(C3CCN(C)CC3)CC2)c(C)c1. The van der Waals surface area contributed by atoms with Gasteiger partial charge >= 0.3 is 0 Å².